The Labute approximate surface area is 174 Å². The maximum atomic E-state index is 13.4. The lowest BCUT2D eigenvalue weighted by Crippen LogP contribution is -2.48. The summed E-state index contributed by atoms with van der Waals surface area (Å²) >= 11 is 0. The minimum absolute atomic E-state index is 0.0557. The molecule has 0 atom stereocenters. The molecule has 156 valence electrons. The molecule has 30 heavy (non-hydrogen) atoms. The third-order valence-corrected chi connectivity index (χ3v) is 5.16. The number of halogens is 1. The predicted molar refractivity (Wildman–Crippen MR) is 110 cm³/mol. The van der Waals surface area contributed by atoms with Crippen LogP contribution in [0.25, 0.3) is 11.4 Å². The number of aryl methyl sites for hydroxylation is 1. The van der Waals surface area contributed by atoms with Crippen LogP contribution < -0.4 is 9.64 Å². The molecular weight excluding hydrogens is 387 g/mol. The van der Waals surface area contributed by atoms with Crippen LogP contribution in [0.15, 0.2) is 53.1 Å². The Morgan fingerprint density at radius 3 is 2.70 bits per heavy atom. The number of ether oxygens (including phenoxy) is 1. The van der Waals surface area contributed by atoms with Crippen molar-refractivity contribution in [2.24, 2.45) is 0 Å². The summed E-state index contributed by atoms with van der Waals surface area (Å²) in [6, 6.07) is 13.9. The number of piperazine rings is 1. The van der Waals surface area contributed by atoms with Crippen LogP contribution in [0.4, 0.5) is 10.1 Å². The van der Waals surface area contributed by atoms with E-state index in [1.165, 1.54) is 12.1 Å². The van der Waals surface area contributed by atoms with Crippen molar-refractivity contribution in [1.29, 1.82) is 0 Å². The van der Waals surface area contributed by atoms with Gasteiger partial charge in [0.1, 0.15) is 11.6 Å². The molecule has 2 heterocycles. The molecule has 1 saturated heterocycles. The standard InChI is InChI=1S/C22H23FN4O3/c1-29-19-8-3-2-7-18(19)26-11-13-27(14-12-26)21(28)10-9-20-24-22(25-30-20)16-5-4-6-17(23)15-16/h2-8,15H,9-14H2,1H3. The van der Waals surface area contributed by atoms with Gasteiger partial charge in [-0.05, 0) is 24.3 Å². The second-order valence-electron chi connectivity index (χ2n) is 7.06. The van der Waals surface area contributed by atoms with Crippen molar-refractivity contribution in [2.45, 2.75) is 12.8 Å². The van der Waals surface area contributed by atoms with Crippen molar-refractivity contribution >= 4 is 11.6 Å². The van der Waals surface area contributed by atoms with E-state index in [0.29, 0.717) is 43.2 Å². The average Bonchev–Trinajstić information content (AvgIpc) is 3.27. The topological polar surface area (TPSA) is 71.7 Å². The Kier molecular flexibility index (Phi) is 5.92. The Balaban J connectivity index is 1.29. The number of aromatic nitrogens is 2. The molecule has 0 saturated carbocycles. The fourth-order valence-electron chi connectivity index (χ4n) is 3.56. The third-order valence-electron chi connectivity index (χ3n) is 5.16. The number of carbonyl (C=O) groups excluding carboxylic acids is 1. The molecule has 1 aromatic heterocycles. The Bertz CT molecular complexity index is 1010. The molecule has 2 aromatic carbocycles. The lowest BCUT2D eigenvalue weighted by atomic mass is 10.2. The number of nitrogens with zero attached hydrogens (tertiary/aromatic N) is 4. The summed E-state index contributed by atoms with van der Waals surface area (Å²) in [6.07, 6.45) is 0.646. The highest BCUT2D eigenvalue weighted by molar-refractivity contribution is 5.76. The SMILES string of the molecule is COc1ccccc1N1CCN(C(=O)CCc2nc(-c3cccc(F)c3)no2)CC1. The van der Waals surface area contributed by atoms with E-state index in [9.17, 15) is 9.18 Å². The van der Waals surface area contributed by atoms with Gasteiger partial charge in [0.2, 0.25) is 17.6 Å². The first-order chi connectivity index (χ1) is 14.6. The van der Waals surface area contributed by atoms with Crippen molar-refractivity contribution in [1.82, 2.24) is 15.0 Å². The summed E-state index contributed by atoms with van der Waals surface area (Å²) in [4.78, 5) is 21.0. The van der Waals surface area contributed by atoms with Crippen molar-refractivity contribution in [3.8, 4) is 17.1 Å². The van der Waals surface area contributed by atoms with E-state index in [2.05, 4.69) is 15.0 Å². The van der Waals surface area contributed by atoms with Crippen LogP contribution in [0.5, 0.6) is 5.75 Å². The van der Waals surface area contributed by atoms with E-state index >= 15 is 0 Å². The summed E-state index contributed by atoms with van der Waals surface area (Å²) in [5, 5.41) is 3.88. The molecule has 0 radical (unpaired) electrons. The summed E-state index contributed by atoms with van der Waals surface area (Å²) < 4.78 is 24.0. The number of amides is 1. The Morgan fingerprint density at radius 2 is 1.93 bits per heavy atom. The molecule has 1 fully saturated rings. The van der Waals surface area contributed by atoms with Crippen LogP contribution in [0.3, 0.4) is 0 Å². The molecular formula is C22H23FN4O3. The van der Waals surface area contributed by atoms with Crippen LogP contribution in [0, 0.1) is 5.82 Å². The molecule has 0 spiro atoms. The molecule has 1 aliphatic heterocycles. The normalized spacial score (nSPS) is 14.1. The fraction of sp³-hybridized carbons (Fsp3) is 0.318. The summed E-state index contributed by atoms with van der Waals surface area (Å²) in [7, 11) is 1.66. The molecule has 0 unspecified atom stereocenters. The average molecular weight is 410 g/mol. The molecule has 0 bridgehead atoms. The van der Waals surface area contributed by atoms with Crippen molar-refractivity contribution in [3.05, 3.63) is 60.2 Å². The largest absolute Gasteiger partial charge is 0.495 e. The van der Waals surface area contributed by atoms with Gasteiger partial charge in [-0.25, -0.2) is 4.39 Å². The van der Waals surface area contributed by atoms with Crippen LogP contribution in [-0.4, -0.2) is 54.2 Å². The molecule has 0 N–H and O–H groups in total. The number of carbonyl (C=O) groups is 1. The smallest absolute Gasteiger partial charge is 0.227 e. The number of methoxy groups -OCH3 is 1. The molecule has 7 nitrogen and oxygen atoms in total. The van der Waals surface area contributed by atoms with Gasteiger partial charge in [0, 0.05) is 44.6 Å². The fourth-order valence-corrected chi connectivity index (χ4v) is 3.56. The zero-order valence-electron chi connectivity index (χ0n) is 16.8. The van der Waals surface area contributed by atoms with Gasteiger partial charge in [-0.3, -0.25) is 4.79 Å². The van der Waals surface area contributed by atoms with Crippen molar-refractivity contribution in [3.63, 3.8) is 0 Å². The van der Waals surface area contributed by atoms with E-state index in [1.54, 1.807) is 19.2 Å². The second kappa shape index (κ2) is 8.94. The number of benzene rings is 2. The molecule has 3 aromatic rings. The third kappa shape index (κ3) is 4.42. The van der Waals surface area contributed by atoms with Gasteiger partial charge in [0.15, 0.2) is 0 Å². The number of rotatable bonds is 6. The minimum Gasteiger partial charge on any atom is -0.495 e. The maximum absolute atomic E-state index is 13.4. The van der Waals surface area contributed by atoms with Gasteiger partial charge < -0.3 is 19.1 Å². The van der Waals surface area contributed by atoms with E-state index in [0.717, 1.165) is 24.5 Å². The summed E-state index contributed by atoms with van der Waals surface area (Å²) in [5.41, 5.74) is 1.59. The van der Waals surface area contributed by atoms with Gasteiger partial charge in [0.05, 0.1) is 12.8 Å². The molecule has 1 aliphatic rings. The zero-order valence-corrected chi connectivity index (χ0v) is 16.8. The molecule has 1 amide bonds. The van der Waals surface area contributed by atoms with Crippen LogP contribution >= 0.6 is 0 Å². The van der Waals surface area contributed by atoms with Gasteiger partial charge in [-0.1, -0.05) is 29.4 Å². The van der Waals surface area contributed by atoms with Crippen LogP contribution in [0.1, 0.15) is 12.3 Å². The maximum Gasteiger partial charge on any atom is 0.227 e. The lowest BCUT2D eigenvalue weighted by Gasteiger charge is -2.36. The zero-order chi connectivity index (χ0) is 20.9. The minimum atomic E-state index is -0.360. The van der Waals surface area contributed by atoms with E-state index in [1.807, 2.05) is 29.2 Å². The monoisotopic (exact) mass is 410 g/mol. The number of hydrogen-bond donors (Lipinski definition) is 0. The van der Waals surface area contributed by atoms with Crippen molar-refractivity contribution in [2.75, 3.05) is 38.2 Å². The van der Waals surface area contributed by atoms with E-state index < -0.39 is 0 Å². The Morgan fingerprint density at radius 1 is 1.13 bits per heavy atom. The number of anilines is 1. The number of hydrogen-bond acceptors (Lipinski definition) is 6. The highest BCUT2D eigenvalue weighted by Gasteiger charge is 2.23. The predicted octanol–water partition coefficient (Wildman–Crippen LogP) is 3.17. The quantitative estimate of drug-likeness (QED) is 0.622. The van der Waals surface area contributed by atoms with E-state index in [-0.39, 0.29) is 11.7 Å². The van der Waals surface area contributed by atoms with Gasteiger partial charge in [-0.2, -0.15) is 4.98 Å². The number of para-hydroxylation sites is 2. The van der Waals surface area contributed by atoms with Crippen molar-refractivity contribution < 1.29 is 18.4 Å². The lowest BCUT2D eigenvalue weighted by molar-refractivity contribution is -0.131. The second-order valence-corrected chi connectivity index (χ2v) is 7.06. The first-order valence-electron chi connectivity index (χ1n) is 9.88. The highest BCUT2D eigenvalue weighted by atomic mass is 19.1. The first-order valence-corrected chi connectivity index (χ1v) is 9.88. The summed E-state index contributed by atoms with van der Waals surface area (Å²) in [5.74, 6) is 1.22. The van der Waals surface area contributed by atoms with Gasteiger partial charge >= 0.3 is 0 Å². The molecule has 0 aliphatic carbocycles. The van der Waals surface area contributed by atoms with Crippen LogP contribution in [-0.2, 0) is 11.2 Å². The van der Waals surface area contributed by atoms with Crippen LogP contribution in [0.2, 0.25) is 0 Å². The molecule has 8 heteroatoms. The highest BCUT2D eigenvalue weighted by Crippen LogP contribution is 2.28. The van der Waals surface area contributed by atoms with E-state index in [4.69, 9.17) is 9.26 Å². The Hall–Kier alpha value is -3.42. The first kappa shape index (κ1) is 19.9. The van der Waals surface area contributed by atoms with Gasteiger partial charge in [0.25, 0.3) is 0 Å². The molecule has 4 rings (SSSR count). The van der Waals surface area contributed by atoms with Gasteiger partial charge in [-0.15, -0.1) is 0 Å². The summed E-state index contributed by atoms with van der Waals surface area (Å²) in [6.45, 7) is 2.79.